The summed E-state index contributed by atoms with van der Waals surface area (Å²) in [4.78, 5) is 0.904. The highest BCUT2D eigenvalue weighted by atomic mass is 32.1. The average Bonchev–Trinajstić information content (AvgIpc) is 2.83. The molecule has 0 aliphatic rings. The Balaban J connectivity index is 2.32. The maximum atomic E-state index is 5.82. The molecule has 0 aliphatic carbocycles. The molecule has 0 aromatic carbocycles. The molecule has 6 heteroatoms. The maximum absolute atomic E-state index is 5.82. The molecule has 3 aromatic rings. The predicted octanol–water partition coefficient (Wildman–Crippen LogP) is 1.44. The molecule has 5 nitrogen and oxygen atoms in total. The molecule has 0 unspecified atom stereocenters. The molecule has 0 aliphatic heterocycles. The fourth-order valence-electron chi connectivity index (χ4n) is 1.39. The Bertz CT molecular complexity index is 612. The first kappa shape index (κ1) is 8.37. The van der Waals surface area contributed by atoms with Crippen LogP contribution >= 0.6 is 11.3 Å². The summed E-state index contributed by atoms with van der Waals surface area (Å²) < 4.78 is 1.68. The van der Waals surface area contributed by atoms with Gasteiger partial charge in [0.05, 0.1) is 10.6 Å². The summed E-state index contributed by atoms with van der Waals surface area (Å²) in [7, 11) is 0. The van der Waals surface area contributed by atoms with Gasteiger partial charge in [-0.2, -0.15) is 9.61 Å². The van der Waals surface area contributed by atoms with Gasteiger partial charge in [0, 0.05) is 6.20 Å². The highest BCUT2D eigenvalue weighted by Crippen LogP contribution is 2.29. The fraction of sp³-hybridized carbons (Fsp3) is 0. The molecule has 0 atom stereocenters. The van der Waals surface area contributed by atoms with Gasteiger partial charge in [0.1, 0.15) is 0 Å². The monoisotopic (exact) mass is 217 g/mol. The largest absolute Gasteiger partial charge is 0.397 e. The summed E-state index contributed by atoms with van der Waals surface area (Å²) in [5.41, 5.74) is 7.26. The van der Waals surface area contributed by atoms with Gasteiger partial charge in [-0.1, -0.05) is 0 Å². The number of nitrogens with zero attached hydrogens (tertiary/aromatic N) is 4. The third-order valence-corrected chi connectivity index (χ3v) is 3.00. The van der Waals surface area contributed by atoms with E-state index in [1.807, 2.05) is 23.6 Å². The standard InChI is InChI=1S/C9H7N5S/c10-6-3-5-15-8(6)9-13-12-7-2-1-4-11-14(7)9/h1-5H,10H2. The molecule has 2 N–H and O–H groups in total. The Morgan fingerprint density at radius 2 is 2.20 bits per heavy atom. The van der Waals surface area contributed by atoms with Gasteiger partial charge in [-0.15, -0.1) is 21.5 Å². The highest BCUT2D eigenvalue weighted by Gasteiger charge is 2.12. The van der Waals surface area contributed by atoms with Crippen molar-refractivity contribution in [1.82, 2.24) is 19.8 Å². The predicted molar refractivity (Wildman–Crippen MR) is 58.5 cm³/mol. The molecule has 3 heterocycles. The second-order valence-corrected chi connectivity index (χ2v) is 3.94. The molecule has 0 amide bonds. The number of fused-ring (bicyclic) bond motifs is 1. The minimum absolute atomic E-state index is 0.693. The van der Waals surface area contributed by atoms with Crippen LogP contribution in [0.3, 0.4) is 0 Å². The van der Waals surface area contributed by atoms with Crippen LogP contribution in [-0.4, -0.2) is 19.8 Å². The van der Waals surface area contributed by atoms with E-state index in [4.69, 9.17) is 5.73 Å². The van der Waals surface area contributed by atoms with Gasteiger partial charge in [0.15, 0.2) is 11.5 Å². The third kappa shape index (κ3) is 1.18. The van der Waals surface area contributed by atoms with Crippen LogP contribution in [0.2, 0.25) is 0 Å². The Kier molecular flexibility index (Phi) is 1.69. The van der Waals surface area contributed by atoms with Crippen molar-refractivity contribution in [3.8, 4) is 10.7 Å². The third-order valence-electron chi connectivity index (χ3n) is 2.08. The lowest BCUT2D eigenvalue weighted by atomic mass is 10.4. The van der Waals surface area contributed by atoms with E-state index in [-0.39, 0.29) is 0 Å². The van der Waals surface area contributed by atoms with Crippen LogP contribution in [0.4, 0.5) is 5.69 Å². The van der Waals surface area contributed by atoms with Gasteiger partial charge >= 0.3 is 0 Å². The molecule has 0 bridgehead atoms. The van der Waals surface area contributed by atoms with Gasteiger partial charge < -0.3 is 5.73 Å². The van der Waals surface area contributed by atoms with E-state index < -0.39 is 0 Å². The molecule has 15 heavy (non-hydrogen) atoms. The number of anilines is 1. The van der Waals surface area contributed by atoms with Crippen molar-refractivity contribution in [1.29, 1.82) is 0 Å². The van der Waals surface area contributed by atoms with Gasteiger partial charge in [-0.25, -0.2) is 0 Å². The number of hydrogen-bond donors (Lipinski definition) is 1. The smallest absolute Gasteiger partial charge is 0.197 e. The average molecular weight is 217 g/mol. The zero-order chi connectivity index (χ0) is 10.3. The lowest BCUT2D eigenvalue weighted by Gasteiger charge is -1.95. The van der Waals surface area contributed by atoms with Crippen molar-refractivity contribution < 1.29 is 0 Å². The van der Waals surface area contributed by atoms with Crippen molar-refractivity contribution in [3.05, 3.63) is 29.8 Å². The SMILES string of the molecule is Nc1ccsc1-c1nnc2cccnn12. The molecule has 3 aromatic heterocycles. The molecule has 0 saturated carbocycles. The van der Waals surface area contributed by atoms with E-state index in [0.717, 1.165) is 10.5 Å². The van der Waals surface area contributed by atoms with Crippen molar-refractivity contribution in [2.75, 3.05) is 5.73 Å². The Hall–Kier alpha value is -1.95. The first-order chi connectivity index (χ1) is 7.36. The van der Waals surface area contributed by atoms with E-state index in [9.17, 15) is 0 Å². The minimum Gasteiger partial charge on any atom is -0.397 e. The van der Waals surface area contributed by atoms with E-state index in [1.165, 1.54) is 11.3 Å². The summed E-state index contributed by atoms with van der Waals surface area (Å²) >= 11 is 1.53. The first-order valence-corrected chi connectivity index (χ1v) is 5.24. The van der Waals surface area contributed by atoms with Gasteiger partial charge in [0.25, 0.3) is 0 Å². The number of nitrogens with two attached hydrogens (primary N) is 1. The number of aromatic nitrogens is 4. The van der Waals surface area contributed by atoms with Crippen LogP contribution in [0, 0.1) is 0 Å². The molecule has 3 rings (SSSR count). The van der Waals surface area contributed by atoms with Crippen LogP contribution in [0.25, 0.3) is 16.3 Å². The quantitative estimate of drug-likeness (QED) is 0.669. The maximum Gasteiger partial charge on any atom is 0.197 e. The van der Waals surface area contributed by atoms with Crippen molar-refractivity contribution in [2.45, 2.75) is 0 Å². The van der Waals surface area contributed by atoms with Crippen LogP contribution in [0.5, 0.6) is 0 Å². The van der Waals surface area contributed by atoms with Gasteiger partial charge in [0.2, 0.25) is 0 Å². The zero-order valence-electron chi connectivity index (χ0n) is 7.66. The lowest BCUT2D eigenvalue weighted by molar-refractivity contribution is 0.938. The summed E-state index contributed by atoms with van der Waals surface area (Å²) in [6.07, 6.45) is 1.70. The van der Waals surface area contributed by atoms with Crippen LogP contribution < -0.4 is 5.73 Å². The van der Waals surface area contributed by atoms with Gasteiger partial charge in [-0.3, -0.25) is 0 Å². The van der Waals surface area contributed by atoms with E-state index in [2.05, 4.69) is 15.3 Å². The molecule has 0 saturated heterocycles. The van der Waals surface area contributed by atoms with Crippen molar-refractivity contribution in [2.24, 2.45) is 0 Å². The summed E-state index contributed by atoms with van der Waals surface area (Å²) in [5, 5.41) is 14.2. The van der Waals surface area contributed by atoms with E-state index >= 15 is 0 Å². The van der Waals surface area contributed by atoms with Crippen LogP contribution in [0.15, 0.2) is 29.8 Å². The van der Waals surface area contributed by atoms with E-state index in [0.29, 0.717) is 11.5 Å². The number of thiophene rings is 1. The second kappa shape index (κ2) is 3.03. The Morgan fingerprint density at radius 1 is 1.27 bits per heavy atom. The summed E-state index contributed by atoms with van der Waals surface area (Å²) in [6.45, 7) is 0. The molecule has 0 radical (unpaired) electrons. The lowest BCUT2D eigenvalue weighted by Crippen LogP contribution is -1.94. The molecule has 0 fully saturated rings. The molecule has 74 valence electrons. The summed E-state index contributed by atoms with van der Waals surface area (Å²) in [5.74, 6) is 0.693. The van der Waals surface area contributed by atoms with Crippen LogP contribution in [-0.2, 0) is 0 Å². The van der Waals surface area contributed by atoms with Crippen molar-refractivity contribution in [3.63, 3.8) is 0 Å². The second-order valence-electron chi connectivity index (χ2n) is 3.02. The number of hydrogen-bond acceptors (Lipinski definition) is 5. The highest BCUT2D eigenvalue weighted by molar-refractivity contribution is 7.14. The van der Waals surface area contributed by atoms with Crippen molar-refractivity contribution >= 4 is 22.7 Å². The number of nitrogen functional groups attached to an aromatic ring is 1. The Labute approximate surface area is 89.2 Å². The first-order valence-electron chi connectivity index (χ1n) is 4.36. The molecule has 0 spiro atoms. The van der Waals surface area contributed by atoms with E-state index in [1.54, 1.807) is 10.7 Å². The normalized spacial score (nSPS) is 10.9. The minimum atomic E-state index is 0.693. The zero-order valence-corrected chi connectivity index (χ0v) is 8.48. The van der Waals surface area contributed by atoms with Gasteiger partial charge in [-0.05, 0) is 23.6 Å². The molecular formula is C9H7N5S. The molecular weight excluding hydrogens is 210 g/mol. The Morgan fingerprint density at radius 3 is 3.00 bits per heavy atom. The topological polar surface area (TPSA) is 69.1 Å². The van der Waals surface area contributed by atoms with Crippen LogP contribution in [0.1, 0.15) is 0 Å². The summed E-state index contributed by atoms with van der Waals surface area (Å²) in [6, 6.07) is 5.53. The fourth-order valence-corrected chi connectivity index (χ4v) is 2.17. The number of rotatable bonds is 1.